The molecule has 1 N–H and O–H groups in total. The highest BCUT2D eigenvalue weighted by Crippen LogP contribution is 2.20. The van der Waals surface area contributed by atoms with Gasteiger partial charge in [0.2, 0.25) is 0 Å². The van der Waals surface area contributed by atoms with Gasteiger partial charge in [0.05, 0.1) is 17.4 Å². The van der Waals surface area contributed by atoms with Gasteiger partial charge in [-0.1, -0.05) is 6.92 Å². The van der Waals surface area contributed by atoms with Crippen LogP contribution in [0.15, 0.2) is 24.5 Å². The molecule has 0 saturated heterocycles. The quantitative estimate of drug-likeness (QED) is 0.718. The van der Waals surface area contributed by atoms with Gasteiger partial charge in [-0.05, 0) is 18.6 Å². The lowest BCUT2D eigenvalue weighted by molar-refractivity contribution is 0.466. The molecule has 0 atom stereocenters. The number of aromatic hydroxyl groups is 1. The molecule has 3 heteroatoms. The number of fused-ring (bicyclic) bond motifs is 1. The molecule has 2 aromatic rings. The standard InChI is InChI=1S/C10H10N2O/c1-2-8-10(13)5-7-3-4-11-6-9(7)12-8/h3-6,13H,2H2,1H3. The first-order valence-electron chi connectivity index (χ1n) is 4.24. The fourth-order valence-corrected chi connectivity index (χ4v) is 1.31. The van der Waals surface area contributed by atoms with Crippen molar-refractivity contribution in [2.75, 3.05) is 0 Å². The van der Waals surface area contributed by atoms with Crippen molar-refractivity contribution in [3.63, 3.8) is 0 Å². The zero-order valence-electron chi connectivity index (χ0n) is 7.36. The first-order valence-corrected chi connectivity index (χ1v) is 4.24. The summed E-state index contributed by atoms with van der Waals surface area (Å²) in [6.45, 7) is 1.96. The van der Waals surface area contributed by atoms with E-state index < -0.39 is 0 Å². The van der Waals surface area contributed by atoms with Crippen LogP contribution in [0.4, 0.5) is 0 Å². The van der Waals surface area contributed by atoms with Crippen LogP contribution in [0.3, 0.4) is 0 Å². The Morgan fingerprint density at radius 1 is 1.46 bits per heavy atom. The number of pyridine rings is 2. The van der Waals surface area contributed by atoms with Gasteiger partial charge in [-0.15, -0.1) is 0 Å². The lowest BCUT2D eigenvalue weighted by Crippen LogP contribution is -1.89. The summed E-state index contributed by atoms with van der Waals surface area (Å²) in [5.74, 6) is 0.265. The molecule has 0 aliphatic rings. The van der Waals surface area contributed by atoms with E-state index in [0.29, 0.717) is 0 Å². The first-order chi connectivity index (χ1) is 6.31. The van der Waals surface area contributed by atoms with E-state index in [-0.39, 0.29) is 5.75 Å². The van der Waals surface area contributed by atoms with Gasteiger partial charge in [-0.25, -0.2) is 4.98 Å². The maximum atomic E-state index is 9.53. The van der Waals surface area contributed by atoms with Crippen molar-refractivity contribution in [1.29, 1.82) is 0 Å². The second-order valence-corrected chi connectivity index (χ2v) is 2.88. The van der Waals surface area contributed by atoms with E-state index in [2.05, 4.69) is 9.97 Å². The van der Waals surface area contributed by atoms with Crippen molar-refractivity contribution < 1.29 is 5.11 Å². The van der Waals surface area contributed by atoms with Crippen LogP contribution in [0.5, 0.6) is 5.75 Å². The van der Waals surface area contributed by atoms with Gasteiger partial charge in [0.15, 0.2) is 0 Å². The molecule has 0 aliphatic carbocycles. The van der Waals surface area contributed by atoms with E-state index in [4.69, 9.17) is 0 Å². The molecule has 2 rings (SSSR count). The van der Waals surface area contributed by atoms with E-state index in [9.17, 15) is 5.11 Å². The second kappa shape index (κ2) is 3.01. The molecule has 0 aromatic carbocycles. The van der Waals surface area contributed by atoms with Crippen LogP contribution >= 0.6 is 0 Å². The van der Waals surface area contributed by atoms with Crippen molar-refractivity contribution in [2.24, 2.45) is 0 Å². The fourth-order valence-electron chi connectivity index (χ4n) is 1.31. The summed E-state index contributed by atoms with van der Waals surface area (Å²) in [5.41, 5.74) is 1.55. The van der Waals surface area contributed by atoms with Crippen molar-refractivity contribution in [3.05, 3.63) is 30.2 Å². The Balaban J connectivity index is 2.74. The summed E-state index contributed by atoms with van der Waals surface area (Å²) < 4.78 is 0. The average molecular weight is 174 g/mol. The molecule has 0 radical (unpaired) electrons. The minimum absolute atomic E-state index is 0.265. The molecule has 0 amide bonds. The number of hydrogen-bond donors (Lipinski definition) is 1. The maximum Gasteiger partial charge on any atom is 0.137 e. The molecule has 0 unspecified atom stereocenters. The number of aromatic nitrogens is 2. The molecular weight excluding hydrogens is 164 g/mol. The van der Waals surface area contributed by atoms with Crippen LogP contribution in [-0.2, 0) is 6.42 Å². The third kappa shape index (κ3) is 1.33. The monoisotopic (exact) mass is 174 g/mol. The lowest BCUT2D eigenvalue weighted by Gasteiger charge is -2.02. The van der Waals surface area contributed by atoms with E-state index in [1.165, 1.54) is 0 Å². The summed E-state index contributed by atoms with van der Waals surface area (Å²) >= 11 is 0. The van der Waals surface area contributed by atoms with E-state index in [1.54, 1.807) is 18.5 Å². The van der Waals surface area contributed by atoms with Crippen molar-refractivity contribution in [1.82, 2.24) is 9.97 Å². The van der Waals surface area contributed by atoms with Crippen LogP contribution in [0.1, 0.15) is 12.6 Å². The fraction of sp³-hybridized carbons (Fsp3) is 0.200. The minimum atomic E-state index is 0.265. The molecule has 3 nitrogen and oxygen atoms in total. The maximum absolute atomic E-state index is 9.53. The van der Waals surface area contributed by atoms with Crippen LogP contribution in [0, 0.1) is 0 Å². The molecule has 2 heterocycles. The molecule has 13 heavy (non-hydrogen) atoms. The Kier molecular flexibility index (Phi) is 1.85. The normalized spacial score (nSPS) is 10.5. The van der Waals surface area contributed by atoms with Gasteiger partial charge in [-0.2, -0.15) is 0 Å². The third-order valence-corrected chi connectivity index (χ3v) is 2.01. The lowest BCUT2D eigenvalue weighted by atomic mass is 10.2. The summed E-state index contributed by atoms with van der Waals surface area (Å²) in [6.07, 6.45) is 4.12. The molecule has 2 aromatic heterocycles. The van der Waals surface area contributed by atoms with Crippen LogP contribution in [0.2, 0.25) is 0 Å². The van der Waals surface area contributed by atoms with Gasteiger partial charge < -0.3 is 5.11 Å². The Hall–Kier alpha value is -1.64. The summed E-state index contributed by atoms with van der Waals surface area (Å²) in [7, 11) is 0. The highest BCUT2D eigenvalue weighted by atomic mass is 16.3. The molecule has 0 bridgehead atoms. The summed E-state index contributed by atoms with van der Waals surface area (Å²) in [6, 6.07) is 3.56. The number of nitrogens with zero attached hydrogens (tertiary/aromatic N) is 2. The van der Waals surface area contributed by atoms with E-state index >= 15 is 0 Å². The third-order valence-electron chi connectivity index (χ3n) is 2.01. The molecular formula is C10H10N2O. The van der Waals surface area contributed by atoms with Gasteiger partial charge in [0.25, 0.3) is 0 Å². The van der Waals surface area contributed by atoms with Crippen LogP contribution in [0.25, 0.3) is 10.9 Å². The summed E-state index contributed by atoms with van der Waals surface area (Å²) in [4.78, 5) is 8.25. The van der Waals surface area contributed by atoms with Gasteiger partial charge in [0, 0.05) is 11.6 Å². The predicted octanol–water partition coefficient (Wildman–Crippen LogP) is 1.90. The number of hydrogen-bond acceptors (Lipinski definition) is 3. The van der Waals surface area contributed by atoms with Crippen molar-refractivity contribution in [3.8, 4) is 5.75 Å². The van der Waals surface area contributed by atoms with Crippen molar-refractivity contribution in [2.45, 2.75) is 13.3 Å². The minimum Gasteiger partial charge on any atom is -0.506 e. The Morgan fingerprint density at radius 2 is 2.31 bits per heavy atom. The second-order valence-electron chi connectivity index (χ2n) is 2.88. The smallest absolute Gasteiger partial charge is 0.137 e. The van der Waals surface area contributed by atoms with Gasteiger partial charge >= 0.3 is 0 Å². The van der Waals surface area contributed by atoms with Gasteiger partial charge in [0.1, 0.15) is 5.75 Å². The van der Waals surface area contributed by atoms with Gasteiger partial charge in [-0.3, -0.25) is 4.98 Å². The molecule has 0 spiro atoms. The van der Waals surface area contributed by atoms with E-state index in [0.717, 1.165) is 23.0 Å². The van der Waals surface area contributed by atoms with E-state index in [1.807, 2.05) is 13.0 Å². The Labute approximate surface area is 76.1 Å². The summed E-state index contributed by atoms with van der Waals surface area (Å²) in [5, 5.41) is 10.4. The topological polar surface area (TPSA) is 46.0 Å². The average Bonchev–Trinajstić information content (AvgIpc) is 2.17. The molecule has 0 fully saturated rings. The SMILES string of the molecule is CCc1nc2cnccc2cc1O. The van der Waals surface area contributed by atoms with Crippen LogP contribution in [-0.4, -0.2) is 15.1 Å². The zero-order chi connectivity index (χ0) is 9.26. The molecule has 66 valence electrons. The first kappa shape index (κ1) is 7.98. The Bertz CT molecular complexity index is 440. The molecule has 0 saturated carbocycles. The largest absolute Gasteiger partial charge is 0.506 e. The number of rotatable bonds is 1. The number of aryl methyl sites for hydroxylation is 1. The Morgan fingerprint density at radius 3 is 3.08 bits per heavy atom. The highest BCUT2D eigenvalue weighted by Gasteiger charge is 2.02. The highest BCUT2D eigenvalue weighted by molar-refractivity contribution is 5.79. The predicted molar refractivity (Wildman–Crippen MR) is 50.6 cm³/mol. The van der Waals surface area contributed by atoms with Crippen LogP contribution < -0.4 is 0 Å². The van der Waals surface area contributed by atoms with Crippen molar-refractivity contribution >= 4 is 10.9 Å². The molecule has 0 aliphatic heterocycles. The zero-order valence-corrected chi connectivity index (χ0v) is 7.36.